The highest BCUT2D eigenvalue weighted by molar-refractivity contribution is 5.41. The Kier molecular flexibility index (Phi) is 4.11. The van der Waals surface area contributed by atoms with Gasteiger partial charge in [-0.2, -0.15) is 0 Å². The van der Waals surface area contributed by atoms with Crippen LogP contribution in [0.2, 0.25) is 0 Å². The van der Waals surface area contributed by atoms with Gasteiger partial charge >= 0.3 is 0 Å². The normalized spacial score (nSPS) is 15.3. The monoisotopic (exact) mass is 283 g/mol. The van der Waals surface area contributed by atoms with E-state index in [-0.39, 0.29) is 5.75 Å². The second-order valence-electron chi connectivity index (χ2n) is 5.55. The van der Waals surface area contributed by atoms with Gasteiger partial charge in [-0.05, 0) is 41.7 Å². The van der Waals surface area contributed by atoms with Crippen molar-refractivity contribution in [3.8, 4) is 11.5 Å². The summed E-state index contributed by atoms with van der Waals surface area (Å²) in [6.07, 6.45) is 2.19. The van der Waals surface area contributed by atoms with Gasteiger partial charge in [0.1, 0.15) is 0 Å². The van der Waals surface area contributed by atoms with E-state index < -0.39 is 0 Å². The molecule has 0 fully saturated rings. The number of aromatic hydroxyl groups is 1. The number of phenols is 1. The maximum absolute atomic E-state index is 9.87. The summed E-state index contributed by atoms with van der Waals surface area (Å²) in [4.78, 5) is 2.45. The summed E-state index contributed by atoms with van der Waals surface area (Å²) >= 11 is 0. The average Bonchev–Trinajstić information content (AvgIpc) is 2.70. The fraction of sp³-hybridized carbons (Fsp3) is 0.333. The third-order valence-corrected chi connectivity index (χ3v) is 4.16. The van der Waals surface area contributed by atoms with Crippen LogP contribution < -0.4 is 4.74 Å². The SMILES string of the molecule is COc1ccc(CN2CCc3ccccc3CC2)cc1O. The lowest BCUT2D eigenvalue weighted by Crippen LogP contribution is -2.25. The van der Waals surface area contributed by atoms with E-state index in [1.807, 2.05) is 12.1 Å². The van der Waals surface area contributed by atoms with Crippen LogP contribution >= 0.6 is 0 Å². The minimum absolute atomic E-state index is 0.216. The predicted octanol–water partition coefficient (Wildman–Crippen LogP) is 3.00. The summed E-state index contributed by atoms with van der Waals surface area (Å²) in [7, 11) is 1.57. The number of hydrogen-bond donors (Lipinski definition) is 1. The fourth-order valence-corrected chi connectivity index (χ4v) is 2.96. The van der Waals surface area contributed by atoms with Gasteiger partial charge in [-0.15, -0.1) is 0 Å². The summed E-state index contributed by atoms with van der Waals surface area (Å²) in [5.74, 6) is 0.745. The summed E-state index contributed by atoms with van der Waals surface area (Å²) in [5, 5.41) is 9.87. The molecule has 0 spiro atoms. The lowest BCUT2D eigenvalue weighted by Gasteiger charge is -2.20. The van der Waals surface area contributed by atoms with Crippen LogP contribution in [0.15, 0.2) is 42.5 Å². The maximum Gasteiger partial charge on any atom is 0.160 e. The molecular weight excluding hydrogens is 262 g/mol. The Bertz CT molecular complexity index is 597. The van der Waals surface area contributed by atoms with Crippen LogP contribution in [-0.2, 0) is 19.4 Å². The van der Waals surface area contributed by atoms with Crippen molar-refractivity contribution in [3.05, 3.63) is 59.2 Å². The van der Waals surface area contributed by atoms with Crippen LogP contribution in [-0.4, -0.2) is 30.2 Å². The van der Waals surface area contributed by atoms with Crippen molar-refractivity contribution in [3.63, 3.8) is 0 Å². The van der Waals surface area contributed by atoms with Crippen LogP contribution in [0.1, 0.15) is 16.7 Å². The van der Waals surface area contributed by atoms with Crippen molar-refractivity contribution >= 4 is 0 Å². The molecule has 1 N–H and O–H groups in total. The molecule has 110 valence electrons. The van der Waals surface area contributed by atoms with E-state index in [4.69, 9.17) is 4.74 Å². The van der Waals surface area contributed by atoms with E-state index in [0.717, 1.165) is 38.0 Å². The summed E-state index contributed by atoms with van der Waals surface area (Å²) in [5.41, 5.74) is 4.06. The van der Waals surface area contributed by atoms with Gasteiger partial charge in [0.2, 0.25) is 0 Å². The summed E-state index contributed by atoms with van der Waals surface area (Å²) in [6.45, 7) is 2.99. The number of methoxy groups -OCH3 is 1. The second kappa shape index (κ2) is 6.19. The van der Waals surface area contributed by atoms with Gasteiger partial charge in [0.05, 0.1) is 7.11 Å². The minimum atomic E-state index is 0.216. The molecule has 0 unspecified atom stereocenters. The van der Waals surface area contributed by atoms with Crippen molar-refractivity contribution in [2.45, 2.75) is 19.4 Å². The molecule has 21 heavy (non-hydrogen) atoms. The first-order valence-electron chi connectivity index (χ1n) is 7.41. The predicted molar refractivity (Wildman–Crippen MR) is 83.8 cm³/mol. The number of rotatable bonds is 3. The molecule has 0 radical (unpaired) electrons. The van der Waals surface area contributed by atoms with Gasteiger partial charge in [0.25, 0.3) is 0 Å². The van der Waals surface area contributed by atoms with Gasteiger partial charge in [-0.3, -0.25) is 4.90 Å². The first kappa shape index (κ1) is 14.0. The van der Waals surface area contributed by atoms with E-state index in [1.165, 1.54) is 11.1 Å². The molecule has 3 rings (SSSR count). The Morgan fingerprint density at radius 3 is 2.29 bits per heavy atom. The number of benzene rings is 2. The number of fused-ring (bicyclic) bond motifs is 1. The van der Waals surface area contributed by atoms with E-state index in [2.05, 4.69) is 29.2 Å². The van der Waals surface area contributed by atoms with Crippen LogP contribution in [0.5, 0.6) is 11.5 Å². The van der Waals surface area contributed by atoms with Crippen molar-refractivity contribution in [2.75, 3.05) is 20.2 Å². The first-order chi connectivity index (χ1) is 10.3. The van der Waals surface area contributed by atoms with E-state index in [9.17, 15) is 5.11 Å². The van der Waals surface area contributed by atoms with Crippen molar-refractivity contribution in [1.82, 2.24) is 4.90 Å². The molecule has 0 bridgehead atoms. The average molecular weight is 283 g/mol. The molecule has 0 saturated carbocycles. The van der Waals surface area contributed by atoms with Crippen LogP contribution in [0.4, 0.5) is 0 Å². The van der Waals surface area contributed by atoms with Crippen LogP contribution in [0.25, 0.3) is 0 Å². The highest BCUT2D eigenvalue weighted by atomic mass is 16.5. The van der Waals surface area contributed by atoms with Crippen molar-refractivity contribution in [1.29, 1.82) is 0 Å². The van der Waals surface area contributed by atoms with E-state index >= 15 is 0 Å². The largest absolute Gasteiger partial charge is 0.504 e. The topological polar surface area (TPSA) is 32.7 Å². The highest BCUT2D eigenvalue weighted by Crippen LogP contribution is 2.27. The Morgan fingerprint density at radius 2 is 1.71 bits per heavy atom. The number of hydrogen-bond acceptors (Lipinski definition) is 3. The van der Waals surface area contributed by atoms with E-state index in [1.54, 1.807) is 13.2 Å². The lowest BCUT2D eigenvalue weighted by molar-refractivity contribution is 0.278. The molecule has 2 aromatic rings. The van der Waals surface area contributed by atoms with Crippen molar-refractivity contribution in [2.24, 2.45) is 0 Å². The molecular formula is C18H21NO2. The van der Waals surface area contributed by atoms with Gasteiger partial charge in [-0.1, -0.05) is 30.3 Å². The third kappa shape index (κ3) is 3.19. The zero-order valence-electron chi connectivity index (χ0n) is 12.4. The third-order valence-electron chi connectivity index (χ3n) is 4.16. The van der Waals surface area contributed by atoms with Gasteiger partial charge in [-0.25, -0.2) is 0 Å². The molecule has 2 aromatic carbocycles. The van der Waals surface area contributed by atoms with Crippen LogP contribution in [0.3, 0.4) is 0 Å². The molecule has 3 nitrogen and oxygen atoms in total. The van der Waals surface area contributed by atoms with Crippen LogP contribution in [0, 0.1) is 0 Å². The molecule has 3 heteroatoms. The fourth-order valence-electron chi connectivity index (χ4n) is 2.96. The molecule has 1 heterocycles. The molecule has 0 atom stereocenters. The standard InChI is InChI=1S/C18H21NO2/c1-21-18-7-6-14(12-17(18)20)13-19-10-8-15-4-2-3-5-16(15)9-11-19/h2-7,12,20H,8-11,13H2,1H3. The first-order valence-corrected chi connectivity index (χ1v) is 7.41. The van der Waals surface area contributed by atoms with Gasteiger partial charge in [0, 0.05) is 19.6 Å². The Balaban J connectivity index is 1.68. The van der Waals surface area contributed by atoms with E-state index in [0.29, 0.717) is 5.75 Å². The molecule has 0 saturated heterocycles. The zero-order chi connectivity index (χ0) is 14.7. The smallest absolute Gasteiger partial charge is 0.160 e. The number of phenolic OH excluding ortho intramolecular Hbond substituents is 1. The summed E-state index contributed by atoms with van der Waals surface area (Å²) in [6, 6.07) is 14.4. The Morgan fingerprint density at radius 1 is 1.05 bits per heavy atom. The zero-order valence-corrected chi connectivity index (χ0v) is 12.4. The molecule has 1 aliphatic heterocycles. The van der Waals surface area contributed by atoms with Gasteiger partial charge in [0.15, 0.2) is 11.5 Å². The minimum Gasteiger partial charge on any atom is -0.504 e. The summed E-state index contributed by atoms with van der Waals surface area (Å²) < 4.78 is 5.09. The lowest BCUT2D eigenvalue weighted by atomic mass is 10.0. The van der Waals surface area contributed by atoms with Gasteiger partial charge < -0.3 is 9.84 Å². The second-order valence-corrected chi connectivity index (χ2v) is 5.55. The highest BCUT2D eigenvalue weighted by Gasteiger charge is 2.14. The Hall–Kier alpha value is -2.00. The molecule has 0 amide bonds. The molecule has 1 aliphatic rings. The van der Waals surface area contributed by atoms with Crippen molar-refractivity contribution < 1.29 is 9.84 Å². The number of nitrogens with zero attached hydrogens (tertiary/aromatic N) is 1. The Labute approximate surface area is 125 Å². The quantitative estimate of drug-likeness (QED) is 0.940. The maximum atomic E-state index is 9.87. The molecule has 0 aliphatic carbocycles. The number of ether oxygens (including phenoxy) is 1. The molecule has 0 aromatic heterocycles.